The highest BCUT2D eigenvalue weighted by molar-refractivity contribution is 6.42. The number of piperidine rings is 1. The molecule has 2 atom stereocenters. The lowest BCUT2D eigenvalue weighted by atomic mass is 9.71. The number of likely N-dealkylation sites (tertiary alicyclic amines) is 1. The monoisotopic (exact) mass is 533 g/mol. The highest BCUT2D eigenvalue weighted by Gasteiger charge is 2.46. The van der Waals surface area contributed by atoms with Gasteiger partial charge in [-0.3, -0.25) is 14.8 Å². The van der Waals surface area contributed by atoms with E-state index in [1.807, 2.05) is 32.0 Å². The zero-order chi connectivity index (χ0) is 26.0. The van der Waals surface area contributed by atoms with E-state index in [2.05, 4.69) is 25.4 Å². The van der Waals surface area contributed by atoms with Crippen molar-refractivity contribution in [3.8, 4) is 0 Å². The Morgan fingerprint density at radius 1 is 1.31 bits per heavy atom. The summed E-state index contributed by atoms with van der Waals surface area (Å²) in [5.41, 5.74) is 1.19. The van der Waals surface area contributed by atoms with Crippen LogP contribution < -0.4 is 5.32 Å². The van der Waals surface area contributed by atoms with Gasteiger partial charge in [-0.2, -0.15) is 5.10 Å². The second-order valence-corrected chi connectivity index (χ2v) is 10.4. The van der Waals surface area contributed by atoms with Crippen LogP contribution in [0.25, 0.3) is 0 Å². The number of aromatic nitrogens is 3. The lowest BCUT2D eigenvalue weighted by Gasteiger charge is -2.44. The molecule has 0 saturated carbocycles. The first-order chi connectivity index (χ1) is 17.1. The molecule has 1 aliphatic rings. The first-order valence-corrected chi connectivity index (χ1v) is 12.7. The average Bonchev–Trinajstić information content (AvgIpc) is 3.25. The maximum absolute atomic E-state index is 15.2. The van der Waals surface area contributed by atoms with Gasteiger partial charge in [-0.15, -0.1) is 0 Å². The van der Waals surface area contributed by atoms with Crippen LogP contribution in [-0.2, 0) is 17.8 Å². The number of carbonyl (C=O) groups is 1. The number of benzene rings is 1. The molecule has 2 aromatic heterocycles. The van der Waals surface area contributed by atoms with Gasteiger partial charge >= 0.3 is 5.97 Å². The fraction of sp³-hybridized carbons (Fsp3) is 0.423. The SMILES string of the molecule is CC[C@@H]1C[C@](Cc2nc(Nc3cc(C)[nH]n3)cc(C)c2F)(C(=O)O)CCN1Cc1cccc(Cl)c1Cl. The second-order valence-electron chi connectivity index (χ2n) is 9.61. The minimum Gasteiger partial charge on any atom is -0.481 e. The van der Waals surface area contributed by atoms with Crippen LogP contribution in [0.3, 0.4) is 0 Å². The number of aryl methyl sites for hydroxylation is 2. The Hall–Kier alpha value is -2.68. The Labute approximate surface area is 220 Å². The minimum absolute atomic E-state index is 0.00633. The number of aromatic amines is 1. The standard InChI is InChI=1S/C26H30Cl2FN5O2/c1-4-18-12-26(25(35)36,8-9-34(18)14-17-6-5-7-19(27)23(17)28)13-20-24(29)15(2)10-21(30-20)31-22-11-16(3)32-33-22/h5-7,10-11,18H,4,8-9,12-14H2,1-3H3,(H,35,36)(H2,30,31,32,33)/t18-,26-/m1/s1. The number of nitrogens with zero attached hydrogens (tertiary/aromatic N) is 3. The molecule has 0 radical (unpaired) electrons. The van der Waals surface area contributed by atoms with Crippen LogP contribution in [0.5, 0.6) is 0 Å². The van der Waals surface area contributed by atoms with Gasteiger partial charge in [0, 0.05) is 30.8 Å². The minimum atomic E-state index is -1.13. The normalized spacial score (nSPS) is 20.4. The van der Waals surface area contributed by atoms with E-state index in [4.69, 9.17) is 23.2 Å². The molecule has 10 heteroatoms. The van der Waals surface area contributed by atoms with Gasteiger partial charge in [0.15, 0.2) is 5.82 Å². The second kappa shape index (κ2) is 10.7. The number of aliphatic carboxylic acids is 1. The molecule has 0 aliphatic carbocycles. The number of rotatable bonds is 8. The quantitative estimate of drug-likeness (QED) is 0.314. The van der Waals surface area contributed by atoms with Gasteiger partial charge in [0.05, 0.1) is 21.2 Å². The number of carboxylic acids is 1. The number of H-pyrrole nitrogens is 1. The molecule has 0 amide bonds. The molecular formula is C26H30Cl2FN5O2. The molecule has 1 saturated heterocycles. The highest BCUT2D eigenvalue weighted by Crippen LogP contribution is 2.41. The molecular weight excluding hydrogens is 504 g/mol. The number of hydrogen-bond acceptors (Lipinski definition) is 5. The summed E-state index contributed by atoms with van der Waals surface area (Å²) < 4.78 is 15.2. The highest BCUT2D eigenvalue weighted by atomic mass is 35.5. The van der Waals surface area contributed by atoms with E-state index in [0.717, 1.165) is 17.7 Å². The molecule has 3 N–H and O–H groups in total. The topological polar surface area (TPSA) is 94.1 Å². The van der Waals surface area contributed by atoms with Crippen molar-refractivity contribution in [3.63, 3.8) is 0 Å². The van der Waals surface area contributed by atoms with Gasteiger partial charge in [-0.05, 0) is 62.9 Å². The van der Waals surface area contributed by atoms with Crippen LogP contribution in [0.4, 0.5) is 16.0 Å². The maximum atomic E-state index is 15.2. The van der Waals surface area contributed by atoms with Crippen LogP contribution in [0.15, 0.2) is 30.3 Å². The van der Waals surface area contributed by atoms with E-state index in [-0.39, 0.29) is 18.2 Å². The third-order valence-corrected chi connectivity index (χ3v) is 7.88. The fourth-order valence-corrected chi connectivity index (χ4v) is 5.37. The number of nitrogens with one attached hydrogen (secondary N) is 2. The smallest absolute Gasteiger partial charge is 0.310 e. The summed E-state index contributed by atoms with van der Waals surface area (Å²) in [6.45, 7) is 6.68. The number of halogens is 3. The molecule has 3 aromatic rings. The molecule has 192 valence electrons. The summed E-state index contributed by atoms with van der Waals surface area (Å²) in [7, 11) is 0. The predicted octanol–water partition coefficient (Wildman–Crippen LogP) is 6.30. The molecule has 0 unspecified atom stereocenters. The van der Waals surface area contributed by atoms with Crippen LogP contribution in [0.2, 0.25) is 10.0 Å². The zero-order valence-corrected chi connectivity index (χ0v) is 22.0. The lowest BCUT2D eigenvalue weighted by molar-refractivity contribution is -0.154. The maximum Gasteiger partial charge on any atom is 0.310 e. The Balaban J connectivity index is 1.58. The molecule has 0 spiro atoms. The number of carboxylic acid groups (broad SMARTS) is 1. The molecule has 0 bridgehead atoms. The average molecular weight is 534 g/mol. The van der Waals surface area contributed by atoms with E-state index in [0.29, 0.717) is 53.2 Å². The van der Waals surface area contributed by atoms with Gasteiger partial charge in [0.25, 0.3) is 0 Å². The fourth-order valence-electron chi connectivity index (χ4n) is 4.99. The predicted molar refractivity (Wildman–Crippen MR) is 139 cm³/mol. The van der Waals surface area contributed by atoms with Crippen molar-refractivity contribution in [2.24, 2.45) is 5.41 Å². The molecule has 1 fully saturated rings. The van der Waals surface area contributed by atoms with E-state index in [9.17, 15) is 9.90 Å². The Bertz CT molecular complexity index is 1270. The van der Waals surface area contributed by atoms with Gasteiger partial charge in [0.2, 0.25) is 0 Å². The zero-order valence-electron chi connectivity index (χ0n) is 20.5. The van der Waals surface area contributed by atoms with Crippen molar-refractivity contribution >= 4 is 40.8 Å². The van der Waals surface area contributed by atoms with Gasteiger partial charge in [-0.25, -0.2) is 9.37 Å². The van der Waals surface area contributed by atoms with Crippen LogP contribution in [0.1, 0.15) is 48.7 Å². The van der Waals surface area contributed by atoms with Crippen molar-refractivity contribution < 1.29 is 14.3 Å². The van der Waals surface area contributed by atoms with Gasteiger partial charge < -0.3 is 10.4 Å². The molecule has 36 heavy (non-hydrogen) atoms. The van der Waals surface area contributed by atoms with E-state index < -0.39 is 17.2 Å². The van der Waals surface area contributed by atoms with Crippen molar-refractivity contribution in [1.29, 1.82) is 0 Å². The largest absolute Gasteiger partial charge is 0.481 e. The first-order valence-electron chi connectivity index (χ1n) is 12.0. The van der Waals surface area contributed by atoms with Gasteiger partial charge in [-0.1, -0.05) is 42.3 Å². The van der Waals surface area contributed by atoms with Crippen molar-refractivity contribution in [2.45, 2.75) is 59.0 Å². The number of hydrogen-bond donors (Lipinski definition) is 3. The Kier molecular flexibility index (Phi) is 7.87. The Morgan fingerprint density at radius 2 is 2.08 bits per heavy atom. The lowest BCUT2D eigenvalue weighted by Crippen LogP contribution is -2.50. The summed E-state index contributed by atoms with van der Waals surface area (Å²) in [6, 6.07) is 8.94. The summed E-state index contributed by atoms with van der Waals surface area (Å²) >= 11 is 12.6. The summed E-state index contributed by atoms with van der Waals surface area (Å²) in [6.07, 6.45) is 1.51. The van der Waals surface area contributed by atoms with Gasteiger partial charge in [0.1, 0.15) is 11.6 Å². The summed E-state index contributed by atoms with van der Waals surface area (Å²) in [4.78, 5) is 19.4. The molecule has 7 nitrogen and oxygen atoms in total. The number of anilines is 2. The van der Waals surface area contributed by atoms with Crippen molar-refractivity contribution in [3.05, 3.63) is 68.7 Å². The van der Waals surface area contributed by atoms with Crippen LogP contribution >= 0.6 is 23.2 Å². The number of pyridine rings is 1. The first kappa shape index (κ1) is 26.4. The van der Waals surface area contributed by atoms with Crippen molar-refractivity contribution in [2.75, 3.05) is 11.9 Å². The summed E-state index contributed by atoms with van der Waals surface area (Å²) in [5.74, 6) is -0.415. The molecule has 3 heterocycles. The molecule has 1 aliphatic heterocycles. The van der Waals surface area contributed by atoms with Crippen molar-refractivity contribution in [1.82, 2.24) is 20.1 Å². The molecule has 4 rings (SSSR count). The third kappa shape index (κ3) is 5.51. The third-order valence-electron chi connectivity index (χ3n) is 7.03. The Morgan fingerprint density at radius 3 is 2.75 bits per heavy atom. The van der Waals surface area contributed by atoms with E-state index in [1.54, 1.807) is 19.1 Å². The van der Waals surface area contributed by atoms with Crippen LogP contribution in [-0.4, -0.2) is 43.7 Å². The van der Waals surface area contributed by atoms with Crippen LogP contribution in [0, 0.1) is 25.1 Å². The molecule has 1 aromatic carbocycles. The van der Waals surface area contributed by atoms with E-state index >= 15 is 4.39 Å². The van der Waals surface area contributed by atoms with E-state index in [1.165, 1.54) is 0 Å². The summed E-state index contributed by atoms with van der Waals surface area (Å²) in [5, 5.41) is 21.4.